The highest BCUT2D eigenvalue weighted by atomic mass is 16.5. The molecule has 0 aliphatic carbocycles. The van der Waals surface area contributed by atoms with E-state index in [0.29, 0.717) is 17.2 Å². The average Bonchev–Trinajstić information content (AvgIpc) is 2.47. The molecule has 1 aliphatic rings. The van der Waals surface area contributed by atoms with E-state index in [1.807, 2.05) is 19.2 Å². The molecule has 1 fully saturated rings. The van der Waals surface area contributed by atoms with Gasteiger partial charge in [-0.2, -0.15) is 0 Å². The van der Waals surface area contributed by atoms with Crippen LogP contribution >= 0.6 is 0 Å². The minimum atomic E-state index is -0.0309. The number of anilines is 2. The van der Waals surface area contributed by atoms with Gasteiger partial charge < -0.3 is 20.3 Å². The predicted octanol–water partition coefficient (Wildman–Crippen LogP) is 1.83. The van der Waals surface area contributed by atoms with Crippen molar-refractivity contribution in [3.8, 4) is 0 Å². The Labute approximate surface area is 126 Å². The van der Waals surface area contributed by atoms with Gasteiger partial charge in [-0.05, 0) is 37.0 Å². The van der Waals surface area contributed by atoms with E-state index < -0.39 is 0 Å². The first-order chi connectivity index (χ1) is 9.99. The fourth-order valence-corrected chi connectivity index (χ4v) is 2.73. The molecule has 116 valence electrons. The van der Waals surface area contributed by atoms with Crippen LogP contribution in [0, 0.1) is 5.92 Å². The Balaban J connectivity index is 2.07. The normalized spacial score (nSPS) is 18.3. The SMILES string of the molecule is CN(C)C(=O)c1ccc(N(C)CC2CCCOC2)c(N)c1. The first-order valence-corrected chi connectivity index (χ1v) is 7.39. The molecule has 0 radical (unpaired) electrons. The van der Waals surface area contributed by atoms with Gasteiger partial charge in [0.25, 0.3) is 5.91 Å². The number of carbonyl (C=O) groups is 1. The summed E-state index contributed by atoms with van der Waals surface area (Å²) in [5.41, 5.74) is 8.35. The number of carbonyl (C=O) groups excluding carboxylic acids is 1. The van der Waals surface area contributed by atoms with Crippen molar-refractivity contribution in [1.29, 1.82) is 0 Å². The topological polar surface area (TPSA) is 58.8 Å². The summed E-state index contributed by atoms with van der Waals surface area (Å²) in [7, 11) is 5.51. The minimum Gasteiger partial charge on any atom is -0.397 e. The van der Waals surface area contributed by atoms with Gasteiger partial charge in [-0.1, -0.05) is 0 Å². The van der Waals surface area contributed by atoms with E-state index in [-0.39, 0.29) is 5.91 Å². The Bertz CT molecular complexity index is 496. The van der Waals surface area contributed by atoms with Crippen LogP contribution in [0.15, 0.2) is 18.2 Å². The molecule has 0 saturated carbocycles. The van der Waals surface area contributed by atoms with Gasteiger partial charge >= 0.3 is 0 Å². The van der Waals surface area contributed by atoms with Crippen LogP contribution in [0.2, 0.25) is 0 Å². The van der Waals surface area contributed by atoms with Gasteiger partial charge in [0.1, 0.15) is 0 Å². The van der Waals surface area contributed by atoms with Crippen molar-refractivity contribution < 1.29 is 9.53 Å². The fraction of sp³-hybridized carbons (Fsp3) is 0.562. The zero-order chi connectivity index (χ0) is 15.4. The monoisotopic (exact) mass is 291 g/mol. The highest BCUT2D eigenvalue weighted by Crippen LogP contribution is 2.26. The summed E-state index contributed by atoms with van der Waals surface area (Å²) >= 11 is 0. The van der Waals surface area contributed by atoms with Gasteiger partial charge in [0, 0.05) is 39.9 Å². The second-order valence-electron chi connectivity index (χ2n) is 5.94. The van der Waals surface area contributed by atoms with Gasteiger partial charge in [0.2, 0.25) is 0 Å². The van der Waals surface area contributed by atoms with Gasteiger partial charge in [0.05, 0.1) is 18.0 Å². The highest BCUT2D eigenvalue weighted by Gasteiger charge is 2.18. The number of rotatable bonds is 4. The van der Waals surface area contributed by atoms with Gasteiger partial charge in [0.15, 0.2) is 0 Å². The molecule has 5 heteroatoms. The molecule has 21 heavy (non-hydrogen) atoms. The summed E-state index contributed by atoms with van der Waals surface area (Å²) in [6, 6.07) is 5.52. The number of hydrogen-bond acceptors (Lipinski definition) is 4. The standard InChI is InChI=1S/C16H25N3O2/c1-18(2)16(20)13-6-7-15(14(17)9-13)19(3)10-12-5-4-8-21-11-12/h6-7,9,12H,4-5,8,10-11,17H2,1-3H3. The van der Waals surface area contributed by atoms with Crippen LogP contribution in [0.3, 0.4) is 0 Å². The van der Waals surface area contributed by atoms with E-state index in [2.05, 4.69) is 4.90 Å². The maximum atomic E-state index is 11.9. The second kappa shape index (κ2) is 6.80. The van der Waals surface area contributed by atoms with Crippen molar-refractivity contribution in [1.82, 2.24) is 4.90 Å². The van der Waals surface area contributed by atoms with E-state index in [4.69, 9.17) is 10.5 Å². The third-order valence-corrected chi connectivity index (χ3v) is 3.88. The molecule has 5 nitrogen and oxygen atoms in total. The molecule has 2 N–H and O–H groups in total. The quantitative estimate of drug-likeness (QED) is 0.860. The zero-order valence-electron chi connectivity index (χ0n) is 13.1. The molecular formula is C16H25N3O2. The Morgan fingerprint density at radius 3 is 2.71 bits per heavy atom. The molecule has 1 saturated heterocycles. The first kappa shape index (κ1) is 15.6. The van der Waals surface area contributed by atoms with Crippen molar-refractivity contribution in [3.63, 3.8) is 0 Å². The van der Waals surface area contributed by atoms with Crippen molar-refractivity contribution in [2.45, 2.75) is 12.8 Å². The van der Waals surface area contributed by atoms with E-state index in [1.165, 1.54) is 6.42 Å². The van der Waals surface area contributed by atoms with Crippen molar-refractivity contribution in [2.24, 2.45) is 5.92 Å². The van der Waals surface area contributed by atoms with Crippen molar-refractivity contribution in [3.05, 3.63) is 23.8 Å². The van der Waals surface area contributed by atoms with E-state index in [0.717, 1.165) is 31.9 Å². The molecule has 0 aromatic heterocycles. The van der Waals surface area contributed by atoms with Crippen LogP contribution < -0.4 is 10.6 Å². The molecule has 1 aromatic rings. The number of hydrogen-bond donors (Lipinski definition) is 1. The molecule has 1 unspecified atom stereocenters. The predicted molar refractivity (Wildman–Crippen MR) is 85.7 cm³/mol. The van der Waals surface area contributed by atoms with Gasteiger partial charge in [-0.25, -0.2) is 0 Å². The Morgan fingerprint density at radius 1 is 1.38 bits per heavy atom. The third-order valence-electron chi connectivity index (χ3n) is 3.88. The number of ether oxygens (including phenoxy) is 1. The number of nitrogens with two attached hydrogens (primary N) is 1. The van der Waals surface area contributed by atoms with Crippen molar-refractivity contribution in [2.75, 3.05) is 51.5 Å². The number of nitrogen functional groups attached to an aromatic ring is 1. The first-order valence-electron chi connectivity index (χ1n) is 7.39. The average molecular weight is 291 g/mol. The largest absolute Gasteiger partial charge is 0.397 e. The summed E-state index contributed by atoms with van der Waals surface area (Å²) in [4.78, 5) is 15.6. The highest BCUT2D eigenvalue weighted by molar-refractivity contribution is 5.95. The minimum absolute atomic E-state index is 0.0309. The number of amides is 1. The van der Waals surface area contributed by atoms with Crippen LogP contribution in [0.25, 0.3) is 0 Å². The Kier molecular flexibility index (Phi) is 5.07. The van der Waals surface area contributed by atoms with Crippen LogP contribution in [-0.4, -0.2) is 51.7 Å². The van der Waals surface area contributed by atoms with E-state index in [1.54, 1.807) is 25.1 Å². The van der Waals surface area contributed by atoms with E-state index in [9.17, 15) is 4.79 Å². The summed E-state index contributed by atoms with van der Waals surface area (Å²) in [5, 5.41) is 0. The number of nitrogens with zero attached hydrogens (tertiary/aromatic N) is 2. The second-order valence-corrected chi connectivity index (χ2v) is 5.94. The maximum absolute atomic E-state index is 11.9. The molecule has 0 spiro atoms. The lowest BCUT2D eigenvalue weighted by molar-refractivity contribution is 0.0576. The molecule has 1 aromatic carbocycles. The lowest BCUT2D eigenvalue weighted by atomic mass is 10.0. The van der Waals surface area contributed by atoms with Gasteiger partial charge in [-0.3, -0.25) is 4.79 Å². The third kappa shape index (κ3) is 3.88. The van der Waals surface area contributed by atoms with E-state index >= 15 is 0 Å². The Hall–Kier alpha value is -1.75. The molecule has 1 amide bonds. The van der Waals surface area contributed by atoms with Crippen LogP contribution in [-0.2, 0) is 4.74 Å². The van der Waals surface area contributed by atoms with Gasteiger partial charge in [-0.15, -0.1) is 0 Å². The summed E-state index contributed by atoms with van der Waals surface area (Å²) < 4.78 is 5.52. The van der Waals surface area contributed by atoms with Crippen molar-refractivity contribution >= 4 is 17.3 Å². The fourth-order valence-electron chi connectivity index (χ4n) is 2.73. The molecular weight excluding hydrogens is 266 g/mol. The molecule has 1 heterocycles. The van der Waals surface area contributed by atoms with Crippen LogP contribution in [0.4, 0.5) is 11.4 Å². The maximum Gasteiger partial charge on any atom is 0.253 e. The summed E-state index contributed by atoms with van der Waals surface area (Å²) in [5.74, 6) is 0.516. The number of benzene rings is 1. The lowest BCUT2D eigenvalue weighted by Crippen LogP contribution is -2.31. The molecule has 1 atom stereocenters. The molecule has 2 rings (SSSR count). The molecule has 0 bridgehead atoms. The summed E-state index contributed by atoms with van der Waals surface area (Å²) in [6.45, 7) is 2.62. The lowest BCUT2D eigenvalue weighted by Gasteiger charge is -2.29. The summed E-state index contributed by atoms with van der Waals surface area (Å²) in [6.07, 6.45) is 2.33. The van der Waals surface area contributed by atoms with Crippen LogP contribution in [0.5, 0.6) is 0 Å². The van der Waals surface area contributed by atoms with Crippen LogP contribution in [0.1, 0.15) is 23.2 Å². The smallest absolute Gasteiger partial charge is 0.253 e. The Morgan fingerprint density at radius 2 is 2.14 bits per heavy atom. The zero-order valence-corrected chi connectivity index (χ0v) is 13.1. The molecule has 1 aliphatic heterocycles.